The largest absolute Gasteiger partial charge is 0.454 e. The minimum Gasteiger partial charge on any atom is -0.454 e. The van der Waals surface area contributed by atoms with Gasteiger partial charge in [0.2, 0.25) is 0 Å². The van der Waals surface area contributed by atoms with E-state index in [0.717, 1.165) is 12.1 Å². The molecular weight excluding hydrogens is 421 g/mol. The number of para-hydroxylation sites is 1. The van der Waals surface area contributed by atoms with Crippen LogP contribution in [0.4, 0.5) is 23.7 Å². The number of halogens is 3. The van der Waals surface area contributed by atoms with Crippen molar-refractivity contribution in [2.75, 3.05) is 26.2 Å². The number of rotatable bonds is 1. The van der Waals surface area contributed by atoms with Gasteiger partial charge in [0.25, 0.3) is 0 Å². The normalized spacial score (nSPS) is 16.4. The summed E-state index contributed by atoms with van der Waals surface area (Å²) in [6.07, 6.45) is -3.76. The second kappa shape index (κ2) is 8.72. The van der Waals surface area contributed by atoms with Gasteiger partial charge in [-0.1, -0.05) is 12.1 Å². The van der Waals surface area contributed by atoms with E-state index in [9.17, 15) is 18.0 Å². The van der Waals surface area contributed by atoms with Crippen LogP contribution >= 0.6 is 0 Å². The number of nitrogens with one attached hydrogen (secondary N) is 1. The lowest BCUT2D eigenvalue weighted by molar-refractivity contribution is -0.137. The molecule has 1 fully saturated rings. The molecule has 0 unspecified atom stereocenters. The Kier molecular flexibility index (Phi) is 5.99. The van der Waals surface area contributed by atoms with E-state index in [1.54, 1.807) is 11.0 Å². The number of ether oxygens (including phenoxy) is 1. The van der Waals surface area contributed by atoms with Crippen LogP contribution in [0.2, 0.25) is 0 Å². The summed E-state index contributed by atoms with van der Waals surface area (Å²) < 4.78 is 45.8. The van der Waals surface area contributed by atoms with E-state index in [1.807, 2.05) is 36.9 Å². The number of amides is 2. The molecule has 4 rings (SSSR count). The summed E-state index contributed by atoms with van der Waals surface area (Å²) in [6, 6.07) is 10.5. The van der Waals surface area contributed by atoms with E-state index in [-0.39, 0.29) is 23.5 Å². The molecule has 0 saturated carbocycles. The number of hydrogen-bond donors (Lipinski definition) is 1. The SMILES string of the molecule is CC(C)NC(=O)N1CCCN(C2=Nc3cc(C(F)(F)F)ccc3Oc3ccccc32)CC1. The van der Waals surface area contributed by atoms with Crippen LogP contribution in [0.1, 0.15) is 31.4 Å². The lowest BCUT2D eigenvalue weighted by atomic mass is 10.1. The Bertz CT molecular complexity index is 1040. The van der Waals surface area contributed by atoms with Crippen molar-refractivity contribution in [1.82, 2.24) is 15.1 Å². The van der Waals surface area contributed by atoms with Crippen molar-refractivity contribution in [3.63, 3.8) is 0 Å². The molecule has 2 amide bonds. The van der Waals surface area contributed by atoms with Crippen molar-refractivity contribution in [3.05, 3.63) is 53.6 Å². The molecule has 2 aromatic carbocycles. The summed E-state index contributed by atoms with van der Waals surface area (Å²) in [6.45, 7) is 6.02. The molecule has 32 heavy (non-hydrogen) atoms. The Hall–Kier alpha value is -3.23. The zero-order valence-corrected chi connectivity index (χ0v) is 17.9. The maximum atomic E-state index is 13.3. The third-order valence-corrected chi connectivity index (χ3v) is 5.36. The Morgan fingerprint density at radius 2 is 1.84 bits per heavy atom. The Morgan fingerprint density at radius 3 is 2.59 bits per heavy atom. The molecule has 1 N–H and O–H groups in total. The van der Waals surface area contributed by atoms with Gasteiger partial charge >= 0.3 is 12.2 Å². The summed E-state index contributed by atoms with van der Waals surface area (Å²) in [4.78, 5) is 20.8. The molecule has 0 atom stereocenters. The predicted molar refractivity (Wildman–Crippen MR) is 116 cm³/mol. The molecule has 0 aliphatic carbocycles. The molecule has 9 heteroatoms. The molecule has 2 heterocycles. The maximum absolute atomic E-state index is 13.3. The van der Waals surface area contributed by atoms with Crippen LogP contribution in [0, 0.1) is 0 Å². The first-order valence-electron chi connectivity index (χ1n) is 10.6. The molecule has 0 radical (unpaired) electrons. The number of hydrogen-bond acceptors (Lipinski definition) is 4. The Morgan fingerprint density at radius 1 is 1.06 bits per heavy atom. The van der Waals surface area contributed by atoms with Gasteiger partial charge in [-0.2, -0.15) is 13.2 Å². The molecule has 2 aliphatic heterocycles. The van der Waals surface area contributed by atoms with Gasteiger partial charge in [0.1, 0.15) is 17.3 Å². The highest BCUT2D eigenvalue weighted by Gasteiger charge is 2.32. The molecule has 0 bridgehead atoms. The van der Waals surface area contributed by atoms with Crippen LogP contribution in [0.15, 0.2) is 47.5 Å². The van der Waals surface area contributed by atoms with Crippen LogP contribution < -0.4 is 10.1 Å². The van der Waals surface area contributed by atoms with Crippen molar-refractivity contribution in [2.24, 2.45) is 4.99 Å². The van der Waals surface area contributed by atoms with Gasteiger partial charge in [0, 0.05) is 32.2 Å². The first kappa shape index (κ1) is 22.0. The van der Waals surface area contributed by atoms with Crippen LogP contribution in [0.5, 0.6) is 11.5 Å². The number of carbonyl (C=O) groups is 1. The smallest absolute Gasteiger partial charge is 0.416 e. The molecular formula is C23H25F3N4O2. The molecule has 0 aromatic heterocycles. The third kappa shape index (κ3) is 4.66. The fourth-order valence-electron chi connectivity index (χ4n) is 3.81. The van der Waals surface area contributed by atoms with Crippen molar-refractivity contribution in [3.8, 4) is 11.5 Å². The molecule has 170 valence electrons. The Balaban J connectivity index is 1.68. The zero-order chi connectivity index (χ0) is 22.9. The highest BCUT2D eigenvalue weighted by atomic mass is 19.4. The van der Waals surface area contributed by atoms with Crippen LogP contribution in [-0.2, 0) is 6.18 Å². The summed E-state index contributed by atoms with van der Waals surface area (Å²) >= 11 is 0. The quantitative estimate of drug-likeness (QED) is 0.670. The highest BCUT2D eigenvalue weighted by molar-refractivity contribution is 6.03. The first-order valence-corrected chi connectivity index (χ1v) is 10.6. The zero-order valence-electron chi connectivity index (χ0n) is 17.9. The lowest BCUT2D eigenvalue weighted by Crippen LogP contribution is -2.44. The maximum Gasteiger partial charge on any atom is 0.416 e. The summed E-state index contributed by atoms with van der Waals surface area (Å²) in [5, 5.41) is 2.91. The number of alkyl halides is 3. The fourth-order valence-corrected chi connectivity index (χ4v) is 3.81. The monoisotopic (exact) mass is 446 g/mol. The van der Waals surface area contributed by atoms with Crippen LogP contribution in [0.25, 0.3) is 0 Å². The van der Waals surface area contributed by atoms with E-state index in [2.05, 4.69) is 10.3 Å². The average Bonchev–Trinajstić information content (AvgIpc) is 3.07. The number of fused-ring (bicyclic) bond motifs is 2. The summed E-state index contributed by atoms with van der Waals surface area (Å²) in [5.74, 6) is 1.35. The highest BCUT2D eigenvalue weighted by Crippen LogP contribution is 2.41. The van der Waals surface area contributed by atoms with Gasteiger partial charge in [-0.25, -0.2) is 9.79 Å². The minimum atomic E-state index is -4.48. The molecule has 6 nitrogen and oxygen atoms in total. The van der Waals surface area contributed by atoms with Gasteiger partial charge in [-0.15, -0.1) is 0 Å². The minimum absolute atomic E-state index is 0.0384. The molecule has 2 aromatic rings. The lowest BCUT2D eigenvalue weighted by Gasteiger charge is -2.25. The van der Waals surface area contributed by atoms with Crippen molar-refractivity contribution < 1.29 is 22.7 Å². The van der Waals surface area contributed by atoms with Gasteiger partial charge in [-0.3, -0.25) is 0 Å². The average molecular weight is 446 g/mol. The van der Waals surface area contributed by atoms with Gasteiger partial charge in [-0.05, 0) is 50.6 Å². The summed E-state index contributed by atoms with van der Waals surface area (Å²) in [7, 11) is 0. The predicted octanol–water partition coefficient (Wildman–Crippen LogP) is 5.02. The third-order valence-electron chi connectivity index (χ3n) is 5.36. The van der Waals surface area contributed by atoms with E-state index in [0.29, 0.717) is 49.7 Å². The fraction of sp³-hybridized carbons (Fsp3) is 0.391. The Labute approximate surface area is 184 Å². The van der Waals surface area contributed by atoms with E-state index >= 15 is 0 Å². The number of aliphatic imine (C=N–C) groups is 1. The van der Waals surface area contributed by atoms with Gasteiger partial charge in [0.05, 0.1) is 11.1 Å². The van der Waals surface area contributed by atoms with Crippen molar-refractivity contribution in [2.45, 2.75) is 32.5 Å². The van der Waals surface area contributed by atoms with Crippen LogP contribution in [-0.4, -0.2) is 53.9 Å². The van der Waals surface area contributed by atoms with Crippen molar-refractivity contribution in [1.29, 1.82) is 0 Å². The van der Waals surface area contributed by atoms with Gasteiger partial charge < -0.3 is 19.9 Å². The molecule has 1 saturated heterocycles. The second-order valence-electron chi connectivity index (χ2n) is 8.15. The van der Waals surface area contributed by atoms with E-state index in [4.69, 9.17) is 4.74 Å². The van der Waals surface area contributed by atoms with E-state index in [1.165, 1.54) is 6.07 Å². The molecule has 2 aliphatic rings. The number of nitrogens with zero attached hydrogens (tertiary/aromatic N) is 3. The number of carbonyl (C=O) groups excluding carboxylic acids is 1. The van der Waals surface area contributed by atoms with Crippen LogP contribution in [0.3, 0.4) is 0 Å². The molecule has 0 spiro atoms. The number of benzene rings is 2. The topological polar surface area (TPSA) is 57.2 Å². The number of urea groups is 1. The second-order valence-corrected chi connectivity index (χ2v) is 8.15. The first-order chi connectivity index (χ1) is 15.2. The van der Waals surface area contributed by atoms with Crippen molar-refractivity contribution >= 4 is 17.6 Å². The van der Waals surface area contributed by atoms with E-state index < -0.39 is 11.7 Å². The standard InChI is InChI=1S/C23H25F3N4O2/c1-15(2)27-22(31)30-11-5-10-29(12-13-30)21-17-6-3-4-7-19(17)32-20-9-8-16(23(24,25)26)14-18(20)28-21/h3-4,6-9,14-15H,5,10-13H2,1-2H3,(H,27,31). The van der Waals surface area contributed by atoms with Gasteiger partial charge in [0.15, 0.2) is 5.75 Å². The number of amidine groups is 1. The summed E-state index contributed by atoms with van der Waals surface area (Å²) in [5.41, 5.74) is 0.0586.